The van der Waals surface area contributed by atoms with Crippen LogP contribution >= 0.6 is 0 Å². The van der Waals surface area contributed by atoms with Gasteiger partial charge >= 0.3 is 6.09 Å². The second kappa shape index (κ2) is 4.70. The Hall–Kier alpha value is -2.63. The minimum Gasteiger partial charge on any atom is -0.465 e. The Balaban J connectivity index is 2.10. The molecule has 3 amide bonds. The highest BCUT2D eigenvalue weighted by atomic mass is 16.4. The van der Waals surface area contributed by atoms with E-state index in [9.17, 15) is 14.4 Å². The number of nitrogens with one attached hydrogen (secondary N) is 1. The molecule has 92 valence electrons. The highest BCUT2D eigenvalue weighted by molar-refractivity contribution is 6.28. The highest BCUT2D eigenvalue weighted by Gasteiger charge is 2.24. The van der Waals surface area contributed by atoms with E-state index in [-0.39, 0.29) is 18.4 Å². The van der Waals surface area contributed by atoms with Crippen molar-refractivity contribution in [2.24, 2.45) is 0 Å². The molecular formula is C12H10N2O4. The molecular weight excluding hydrogens is 236 g/mol. The fourth-order valence-electron chi connectivity index (χ4n) is 1.60. The Labute approximate surface area is 103 Å². The molecule has 6 nitrogen and oxygen atoms in total. The standard InChI is InChI=1S/C12H10N2O4/c15-10-5-6-11(16)14(10)9-3-1-8(2-4-9)7-13-12(17)18/h1-6,13H,7H2,(H,17,18). The van der Waals surface area contributed by atoms with Crippen molar-refractivity contribution in [2.45, 2.75) is 6.54 Å². The van der Waals surface area contributed by atoms with Crippen LogP contribution in [0.15, 0.2) is 36.4 Å². The van der Waals surface area contributed by atoms with Crippen LogP contribution in [0.4, 0.5) is 10.5 Å². The zero-order chi connectivity index (χ0) is 13.1. The van der Waals surface area contributed by atoms with Gasteiger partial charge in [0.05, 0.1) is 5.69 Å². The van der Waals surface area contributed by atoms with Gasteiger partial charge in [-0.3, -0.25) is 9.59 Å². The van der Waals surface area contributed by atoms with Crippen LogP contribution in [-0.2, 0) is 16.1 Å². The van der Waals surface area contributed by atoms with E-state index in [1.54, 1.807) is 24.3 Å². The number of hydrogen-bond donors (Lipinski definition) is 2. The minimum absolute atomic E-state index is 0.176. The topological polar surface area (TPSA) is 86.7 Å². The molecule has 1 aliphatic heterocycles. The first kappa shape index (κ1) is 11.8. The van der Waals surface area contributed by atoms with Crippen LogP contribution in [-0.4, -0.2) is 23.0 Å². The predicted octanol–water partition coefficient (Wildman–Crippen LogP) is 0.884. The number of carboxylic acid groups (broad SMARTS) is 1. The Morgan fingerprint density at radius 3 is 2.17 bits per heavy atom. The van der Waals surface area contributed by atoms with Gasteiger partial charge in [0.15, 0.2) is 0 Å². The van der Waals surface area contributed by atoms with E-state index in [0.29, 0.717) is 5.69 Å². The average molecular weight is 246 g/mol. The highest BCUT2D eigenvalue weighted by Crippen LogP contribution is 2.19. The lowest BCUT2D eigenvalue weighted by Crippen LogP contribution is -2.29. The molecule has 0 aliphatic carbocycles. The molecule has 0 radical (unpaired) electrons. The zero-order valence-electron chi connectivity index (χ0n) is 9.29. The van der Waals surface area contributed by atoms with E-state index in [4.69, 9.17) is 5.11 Å². The number of benzene rings is 1. The van der Waals surface area contributed by atoms with Crippen molar-refractivity contribution in [1.29, 1.82) is 0 Å². The summed E-state index contributed by atoms with van der Waals surface area (Å²) in [5, 5.41) is 10.7. The maximum absolute atomic E-state index is 11.4. The molecule has 1 aromatic rings. The van der Waals surface area contributed by atoms with Crippen molar-refractivity contribution < 1.29 is 19.5 Å². The quantitative estimate of drug-likeness (QED) is 0.775. The molecule has 0 fully saturated rings. The van der Waals surface area contributed by atoms with Crippen molar-refractivity contribution in [2.75, 3.05) is 4.90 Å². The van der Waals surface area contributed by atoms with Gasteiger partial charge in [-0.2, -0.15) is 0 Å². The van der Waals surface area contributed by atoms with Gasteiger partial charge in [0.25, 0.3) is 11.8 Å². The third-order valence-corrected chi connectivity index (χ3v) is 2.45. The average Bonchev–Trinajstić information content (AvgIpc) is 2.67. The van der Waals surface area contributed by atoms with Crippen LogP contribution in [0, 0.1) is 0 Å². The van der Waals surface area contributed by atoms with Gasteiger partial charge in [-0.1, -0.05) is 12.1 Å². The van der Waals surface area contributed by atoms with Crippen LogP contribution in [0.1, 0.15) is 5.56 Å². The molecule has 0 spiro atoms. The van der Waals surface area contributed by atoms with Gasteiger partial charge in [0.2, 0.25) is 0 Å². The third-order valence-electron chi connectivity index (χ3n) is 2.45. The van der Waals surface area contributed by atoms with E-state index >= 15 is 0 Å². The summed E-state index contributed by atoms with van der Waals surface area (Å²) >= 11 is 0. The number of rotatable bonds is 3. The molecule has 0 saturated carbocycles. The largest absolute Gasteiger partial charge is 0.465 e. The number of carbonyl (C=O) groups is 3. The van der Waals surface area contributed by atoms with E-state index in [1.807, 2.05) is 0 Å². The van der Waals surface area contributed by atoms with Crippen LogP contribution in [0.2, 0.25) is 0 Å². The minimum atomic E-state index is -1.10. The Morgan fingerprint density at radius 1 is 1.11 bits per heavy atom. The first-order valence-corrected chi connectivity index (χ1v) is 5.20. The number of imide groups is 1. The van der Waals surface area contributed by atoms with Crippen LogP contribution < -0.4 is 10.2 Å². The SMILES string of the molecule is O=C(O)NCc1ccc(N2C(=O)C=CC2=O)cc1. The third kappa shape index (κ3) is 2.37. The van der Waals surface area contributed by atoms with Gasteiger partial charge in [0, 0.05) is 18.7 Å². The molecule has 2 rings (SSSR count). The summed E-state index contributed by atoms with van der Waals surface area (Å²) in [5.74, 6) is -0.757. The lowest BCUT2D eigenvalue weighted by molar-refractivity contribution is -0.119. The summed E-state index contributed by atoms with van der Waals surface area (Å²) in [6.45, 7) is 0.176. The fraction of sp³-hybridized carbons (Fsp3) is 0.0833. The Bertz CT molecular complexity index is 516. The molecule has 6 heteroatoms. The summed E-state index contributed by atoms with van der Waals surface area (Å²) in [5.41, 5.74) is 1.21. The van der Waals surface area contributed by atoms with Crippen molar-refractivity contribution >= 4 is 23.6 Å². The number of nitrogens with zero attached hydrogens (tertiary/aromatic N) is 1. The van der Waals surface area contributed by atoms with E-state index in [2.05, 4.69) is 5.32 Å². The molecule has 0 bridgehead atoms. The molecule has 0 aromatic heterocycles. The van der Waals surface area contributed by atoms with Gasteiger partial charge in [-0.05, 0) is 17.7 Å². The number of carbonyl (C=O) groups excluding carboxylic acids is 2. The van der Waals surface area contributed by atoms with Crippen LogP contribution in [0.3, 0.4) is 0 Å². The van der Waals surface area contributed by atoms with Gasteiger partial charge in [0.1, 0.15) is 0 Å². The smallest absolute Gasteiger partial charge is 0.404 e. The van der Waals surface area contributed by atoms with E-state index < -0.39 is 6.09 Å². The summed E-state index contributed by atoms with van der Waals surface area (Å²) < 4.78 is 0. The first-order chi connectivity index (χ1) is 8.58. The molecule has 2 N–H and O–H groups in total. The summed E-state index contributed by atoms with van der Waals surface area (Å²) in [4.78, 5) is 34.2. The maximum Gasteiger partial charge on any atom is 0.404 e. The first-order valence-electron chi connectivity index (χ1n) is 5.20. The summed E-state index contributed by atoms with van der Waals surface area (Å²) in [7, 11) is 0. The second-order valence-corrected chi connectivity index (χ2v) is 3.67. The van der Waals surface area contributed by atoms with E-state index in [1.165, 1.54) is 12.2 Å². The Morgan fingerprint density at radius 2 is 1.67 bits per heavy atom. The maximum atomic E-state index is 11.4. The molecule has 0 unspecified atom stereocenters. The second-order valence-electron chi connectivity index (χ2n) is 3.67. The molecule has 0 saturated heterocycles. The fourth-order valence-corrected chi connectivity index (χ4v) is 1.60. The zero-order valence-corrected chi connectivity index (χ0v) is 9.29. The van der Waals surface area contributed by atoms with Crippen LogP contribution in [0.5, 0.6) is 0 Å². The van der Waals surface area contributed by atoms with Crippen molar-refractivity contribution in [3.05, 3.63) is 42.0 Å². The van der Waals surface area contributed by atoms with Crippen molar-refractivity contribution in [1.82, 2.24) is 5.32 Å². The van der Waals surface area contributed by atoms with Gasteiger partial charge in [-0.15, -0.1) is 0 Å². The lowest BCUT2D eigenvalue weighted by Gasteiger charge is -2.14. The molecule has 1 aromatic carbocycles. The molecule has 0 atom stereocenters. The molecule has 1 heterocycles. The van der Waals surface area contributed by atoms with Gasteiger partial charge in [-0.25, -0.2) is 9.69 Å². The van der Waals surface area contributed by atoms with Gasteiger partial charge < -0.3 is 10.4 Å². The molecule has 1 aliphatic rings. The predicted molar refractivity (Wildman–Crippen MR) is 62.9 cm³/mol. The summed E-state index contributed by atoms with van der Waals surface area (Å²) in [6, 6.07) is 6.51. The van der Waals surface area contributed by atoms with Crippen LogP contribution in [0.25, 0.3) is 0 Å². The lowest BCUT2D eigenvalue weighted by atomic mass is 10.2. The number of hydrogen-bond acceptors (Lipinski definition) is 3. The number of amides is 3. The van der Waals surface area contributed by atoms with Crippen molar-refractivity contribution in [3.8, 4) is 0 Å². The van der Waals surface area contributed by atoms with E-state index in [0.717, 1.165) is 10.5 Å². The molecule has 18 heavy (non-hydrogen) atoms. The Kier molecular flexibility index (Phi) is 3.09. The normalized spacial score (nSPS) is 14.1. The van der Waals surface area contributed by atoms with Crippen molar-refractivity contribution in [3.63, 3.8) is 0 Å². The number of anilines is 1. The summed E-state index contributed by atoms with van der Waals surface area (Å²) in [6.07, 6.45) is 1.32. The monoisotopic (exact) mass is 246 g/mol.